The lowest BCUT2D eigenvalue weighted by molar-refractivity contribution is -0.295. The van der Waals surface area contributed by atoms with E-state index in [-0.39, 0.29) is 13.6 Å². The summed E-state index contributed by atoms with van der Waals surface area (Å²) in [6.07, 6.45) is 6.57. The molecule has 1 aliphatic heterocycles. The van der Waals surface area contributed by atoms with E-state index in [2.05, 4.69) is 0 Å². The van der Waals surface area contributed by atoms with Crippen LogP contribution in [0.15, 0.2) is 72.8 Å². The van der Waals surface area contributed by atoms with Crippen LogP contribution in [-0.4, -0.2) is 26.2 Å². The van der Waals surface area contributed by atoms with E-state index in [0.717, 1.165) is 11.1 Å². The lowest BCUT2D eigenvalue weighted by atomic mass is 10.2. The zero-order valence-corrected chi connectivity index (χ0v) is 13.3. The molecule has 0 aliphatic carbocycles. The van der Waals surface area contributed by atoms with Crippen LogP contribution in [-0.2, 0) is 18.9 Å². The summed E-state index contributed by atoms with van der Waals surface area (Å²) in [4.78, 5) is 0. The highest BCUT2D eigenvalue weighted by Crippen LogP contribution is 2.11. The number of hydrogen-bond donors (Lipinski definition) is 0. The highest BCUT2D eigenvalue weighted by molar-refractivity contribution is 5.49. The van der Waals surface area contributed by atoms with Crippen LogP contribution in [0, 0.1) is 0 Å². The van der Waals surface area contributed by atoms with Crippen molar-refractivity contribution in [3.8, 4) is 0 Å². The van der Waals surface area contributed by atoms with Gasteiger partial charge in [-0.3, -0.25) is 0 Å². The molecule has 0 unspecified atom stereocenters. The predicted molar refractivity (Wildman–Crippen MR) is 92.6 cm³/mol. The van der Waals surface area contributed by atoms with Gasteiger partial charge in [0.2, 0.25) is 0 Å². The molecule has 0 atom stereocenters. The quantitative estimate of drug-likeness (QED) is 0.850. The minimum absolute atomic E-state index is 0.0909. The second-order valence-corrected chi connectivity index (χ2v) is 5.18. The van der Waals surface area contributed by atoms with E-state index in [4.69, 9.17) is 18.9 Å². The topological polar surface area (TPSA) is 36.9 Å². The predicted octanol–water partition coefficient (Wildman–Crippen LogP) is 4.06. The molecule has 2 aromatic rings. The minimum Gasteiger partial charge on any atom is -0.323 e. The van der Waals surface area contributed by atoms with Crippen LogP contribution in [0.4, 0.5) is 0 Å². The Morgan fingerprint density at radius 2 is 0.958 bits per heavy atom. The Kier molecular flexibility index (Phi) is 6.33. The first-order valence-electron chi connectivity index (χ1n) is 7.83. The van der Waals surface area contributed by atoms with E-state index in [1.165, 1.54) is 0 Å². The maximum atomic E-state index is 5.54. The van der Waals surface area contributed by atoms with Crippen LogP contribution >= 0.6 is 0 Å². The van der Waals surface area contributed by atoms with Crippen molar-refractivity contribution in [3.05, 3.63) is 83.9 Å². The van der Waals surface area contributed by atoms with Crippen LogP contribution < -0.4 is 0 Å². The molecule has 0 amide bonds. The molecule has 0 N–H and O–H groups in total. The second kappa shape index (κ2) is 9.15. The van der Waals surface area contributed by atoms with Gasteiger partial charge in [-0.2, -0.15) is 0 Å². The van der Waals surface area contributed by atoms with Crippen LogP contribution in [0.2, 0.25) is 0 Å². The molecule has 124 valence electrons. The standard InChI is InChI=1S/C20H20O4/c1-3-7-17(8-4-1)11-13-19-21-15-23-20(24-16-22-19)14-12-18-9-5-2-6-10-18/h1-14,19-20H,15-16H2/b13-11+,14-12+. The molecule has 0 spiro atoms. The SMILES string of the molecule is C(=C\C1OCOC(/C=C/c2ccccc2)OCO1)/c1ccccc1. The summed E-state index contributed by atoms with van der Waals surface area (Å²) < 4.78 is 22.2. The molecule has 0 radical (unpaired) electrons. The van der Waals surface area contributed by atoms with Crippen molar-refractivity contribution in [2.75, 3.05) is 13.6 Å². The molecule has 1 aliphatic rings. The third-order valence-corrected chi connectivity index (χ3v) is 3.42. The lowest BCUT2D eigenvalue weighted by Crippen LogP contribution is -2.27. The summed E-state index contributed by atoms with van der Waals surface area (Å²) in [6.45, 7) is 0.182. The normalized spacial score (nSPS) is 22.5. The molecule has 1 heterocycles. The van der Waals surface area contributed by atoms with Crippen molar-refractivity contribution in [3.63, 3.8) is 0 Å². The zero-order valence-electron chi connectivity index (χ0n) is 13.3. The molecule has 24 heavy (non-hydrogen) atoms. The van der Waals surface area contributed by atoms with E-state index in [0.29, 0.717) is 0 Å². The third-order valence-electron chi connectivity index (χ3n) is 3.42. The smallest absolute Gasteiger partial charge is 0.182 e. The Morgan fingerprint density at radius 1 is 0.583 bits per heavy atom. The first-order chi connectivity index (χ1) is 11.9. The van der Waals surface area contributed by atoms with Crippen LogP contribution in [0.1, 0.15) is 11.1 Å². The van der Waals surface area contributed by atoms with Gasteiger partial charge < -0.3 is 18.9 Å². The number of benzene rings is 2. The van der Waals surface area contributed by atoms with Crippen LogP contribution in [0.3, 0.4) is 0 Å². The third kappa shape index (κ3) is 5.44. The second-order valence-electron chi connectivity index (χ2n) is 5.18. The molecular weight excluding hydrogens is 304 g/mol. The molecule has 4 nitrogen and oxygen atoms in total. The van der Waals surface area contributed by atoms with Gasteiger partial charge in [-0.15, -0.1) is 0 Å². The molecule has 2 aromatic carbocycles. The first kappa shape index (κ1) is 16.6. The summed E-state index contributed by atoms with van der Waals surface area (Å²) >= 11 is 0. The van der Waals surface area contributed by atoms with Crippen molar-refractivity contribution in [1.82, 2.24) is 0 Å². The summed E-state index contributed by atoms with van der Waals surface area (Å²) in [5.41, 5.74) is 2.16. The van der Waals surface area contributed by atoms with Gasteiger partial charge >= 0.3 is 0 Å². The van der Waals surface area contributed by atoms with Gasteiger partial charge in [0.25, 0.3) is 0 Å². The lowest BCUT2D eigenvalue weighted by Gasteiger charge is -2.23. The Bertz CT molecular complexity index is 584. The van der Waals surface area contributed by atoms with Gasteiger partial charge in [0.05, 0.1) is 0 Å². The van der Waals surface area contributed by atoms with Crippen molar-refractivity contribution < 1.29 is 18.9 Å². The first-order valence-corrected chi connectivity index (χ1v) is 7.83. The summed E-state index contributed by atoms with van der Waals surface area (Å²) in [7, 11) is 0. The fourth-order valence-corrected chi connectivity index (χ4v) is 2.17. The van der Waals surface area contributed by atoms with Crippen molar-refractivity contribution in [1.29, 1.82) is 0 Å². The molecular formula is C20H20O4. The van der Waals surface area contributed by atoms with Gasteiger partial charge in [-0.1, -0.05) is 72.8 Å². The molecule has 0 saturated carbocycles. The average molecular weight is 324 g/mol. The number of hydrogen-bond acceptors (Lipinski definition) is 4. The number of ether oxygens (including phenoxy) is 4. The monoisotopic (exact) mass is 324 g/mol. The maximum Gasteiger partial charge on any atom is 0.182 e. The highest BCUT2D eigenvalue weighted by Gasteiger charge is 2.14. The van der Waals surface area contributed by atoms with Crippen molar-refractivity contribution in [2.45, 2.75) is 12.6 Å². The minimum atomic E-state index is -0.496. The maximum absolute atomic E-state index is 5.54. The van der Waals surface area contributed by atoms with E-state index in [1.54, 1.807) is 0 Å². The zero-order chi connectivity index (χ0) is 16.5. The fraction of sp³-hybridized carbons (Fsp3) is 0.200. The summed E-state index contributed by atoms with van der Waals surface area (Å²) in [6, 6.07) is 19.9. The molecule has 4 heteroatoms. The highest BCUT2D eigenvalue weighted by atomic mass is 16.9. The summed E-state index contributed by atoms with van der Waals surface area (Å²) in [5, 5.41) is 0. The Balaban J connectivity index is 1.48. The largest absolute Gasteiger partial charge is 0.323 e. The average Bonchev–Trinajstić information content (AvgIpc) is 2.62. The number of rotatable bonds is 4. The molecule has 1 fully saturated rings. The Morgan fingerprint density at radius 3 is 1.33 bits per heavy atom. The molecule has 1 saturated heterocycles. The molecule has 0 aromatic heterocycles. The van der Waals surface area contributed by atoms with Crippen LogP contribution in [0.5, 0.6) is 0 Å². The van der Waals surface area contributed by atoms with Gasteiger partial charge in [-0.05, 0) is 23.3 Å². The van der Waals surface area contributed by atoms with Gasteiger partial charge in [0.1, 0.15) is 0 Å². The van der Waals surface area contributed by atoms with E-state index >= 15 is 0 Å². The Hall–Kier alpha value is -2.24. The van der Waals surface area contributed by atoms with Crippen molar-refractivity contribution in [2.24, 2.45) is 0 Å². The summed E-state index contributed by atoms with van der Waals surface area (Å²) in [5.74, 6) is 0. The van der Waals surface area contributed by atoms with E-state index in [1.807, 2.05) is 85.0 Å². The van der Waals surface area contributed by atoms with E-state index in [9.17, 15) is 0 Å². The van der Waals surface area contributed by atoms with Crippen LogP contribution in [0.25, 0.3) is 12.2 Å². The van der Waals surface area contributed by atoms with Gasteiger partial charge in [0.15, 0.2) is 26.2 Å². The van der Waals surface area contributed by atoms with E-state index < -0.39 is 12.6 Å². The fourth-order valence-electron chi connectivity index (χ4n) is 2.17. The van der Waals surface area contributed by atoms with Crippen molar-refractivity contribution >= 4 is 12.2 Å². The van der Waals surface area contributed by atoms with Gasteiger partial charge in [-0.25, -0.2) is 0 Å². The molecule has 0 bridgehead atoms. The molecule has 3 rings (SSSR count). The van der Waals surface area contributed by atoms with Gasteiger partial charge in [0, 0.05) is 0 Å². The Labute approximate surface area is 141 Å².